The molecule has 1 aliphatic heterocycles. The van der Waals surface area contributed by atoms with Gasteiger partial charge in [-0.3, -0.25) is 14.4 Å². The van der Waals surface area contributed by atoms with E-state index in [1.54, 1.807) is 7.11 Å². The van der Waals surface area contributed by atoms with Crippen molar-refractivity contribution in [3.8, 4) is 16.9 Å². The Bertz CT molecular complexity index is 996. The van der Waals surface area contributed by atoms with Crippen LogP contribution >= 0.6 is 0 Å². The maximum absolute atomic E-state index is 13.1. The number of para-hydroxylation sites is 1. The number of carbonyl (C=O) groups excluding carboxylic acids is 1. The summed E-state index contributed by atoms with van der Waals surface area (Å²) in [5.41, 5.74) is 4.09. The Labute approximate surface area is 177 Å². The number of likely N-dealkylation sites (tertiary alicyclic amines) is 1. The Morgan fingerprint density at radius 1 is 1.20 bits per heavy atom. The van der Waals surface area contributed by atoms with Gasteiger partial charge in [0.25, 0.3) is 0 Å². The van der Waals surface area contributed by atoms with Crippen molar-refractivity contribution >= 4 is 11.6 Å². The molecule has 1 aromatic heterocycles. The van der Waals surface area contributed by atoms with Crippen molar-refractivity contribution in [1.29, 1.82) is 0 Å². The highest BCUT2D eigenvalue weighted by molar-refractivity contribution is 5.97. The van der Waals surface area contributed by atoms with Gasteiger partial charge in [-0.15, -0.1) is 0 Å². The van der Waals surface area contributed by atoms with Gasteiger partial charge < -0.3 is 10.1 Å². The third-order valence-electron chi connectivity index (χ3n) is 5.63. The average Bonchev–Trinajstić information content (AvgIpc) is 3.19. The number of aromatic nitrogens is 2. The van der Waals surface area contributed by atoms with Crippen LogP contribution in [0.3, 0.4) is 0 Å². The molecule has 1 unspecified atom stereocenters. The monoisotopic (exact) mass is 404 g/mol. The van der Waals surface area contributed by atoms with Gasteiger partial charge in [-0.1, -0.05) is 30.3 Å². The molecule has 1 amide bonds. The fraction of sp³-hybridized carbons (Fsp3) is 0.333. The third kappa shape index (κ3) is 4.71. The highest BCUT2D eigenvalue weighted by atomic mass is 16.5. The Hall–Kier alpha value is -3.12. The molecule has 0 aliphatic carbocycles. The lowest BCUT2D eigenvalue weighted by molar-refractivity contribution is -0.121. The second-order valence-corrected chi connectivity index (χ2v) is 7.86. The quantitative estimate of drug-likeness (QED) is 0.676. The van der Waals surface area contributed by atoms with E-state index in [9.17, 15) is 4.79 Å². The first-order chi connectivity index (χ1) is 14.6. The van der Waals surface area contributed by atoms with Crippen molar-refractivity contribution in [3.63, 3.8) is 0 Å². The van der Waals surface area contributed by atoms with Crippen molar-refractivity contribution < 1.29 is 9.53 Å². The van der Waals surface area contributed by atoms with E-state index in [2.05, 4.69) is 15.3 Å². The summed E-state index contributed by atoms with van der Waals surface area (Å²) in [5.74, 6) is 0.891. The van der Waals surface area contributed by atoms with E-state index in [-0.39, 0.29) is 11.8 Å². The molecule has 0 bridgehead atoms. The van der Waals surface area contributed by atoms with Crippen LogP contribution in [-0.2, 0) is 18.4 Å². The zero-order valence-corrected chi connectivity index (χ0v) is 17.5. The number of nitrogens with zero attached hydrogens (tertiary/aromatic N) is 3. The molecule has 6 heteroatoms. The van der Waals surface area contributed by atoms with Gasteiger partial charge in [-0.2, -0.15) is 5.10 Å². The molecule has 3 aromatic rings. The molecule has 1 fully saturated rings. The molecule has 1 atom stereocenters. The van der Waals surface area contributed by atoms with E-state index >= 15 is 0 Å². The number of amides is 1. The van der Waals surface area contributed by atoms with Gasteiger partial charge in [-0.05, 0) is 43.1 Å². The van der Waals surface area contributed by atoms with Gasteiger partial charge in [-0.25, -0.2) is 0 Å². The van der Waals surface area contributed by atoms with Crippen LogP contribution in [0, 0.1) is 5.92 Å². The number of ether oxygens (including phenoxy) is 1. The Kier molecular flexibility index (Phi) is 6.14. The summed E-state index contributed by atoms with van der Waals surface area (Å²) in [7, 11) is 3.58. The molecule has 30 heavy (non-hydrogen) atoms. The van der Waals surface area contributed by atoms with Crippen LogP contribution < -0.4 is 10.1 Å². The third-order valence-corrected chi connectivity index (χ3v) is 5.63. The minimum absolute atomic E-state index is 0.0145. The van der Waals surface area contributed by atoms with Crippen LogP contribution in [0.1, 0.15) is 18.4 Å². The maximum atomic E-state index is 13.1. The second-order valence-electron chi connectivity index (χ2n) is 7.86. The van der Waals surface area contributed by atoms with Crippen LogP contribution in [-0.4, -0.2) is 40.8 Å². The number of methoxy groups -OCH3 is 1. The van der Waals surface area contributed by atoms with Gasteiger partial charge in [0.15, 0.2) is 0 Å². The van der Waals surface area contributed by atoms with E-state index in [1.165, 1.54) is 5.56 Å². The molecule has 1 N–H and O–H groups in total. The van der Waals surface area contributed by atoms with E-state index in [0.717, 1.165) is 55.0 Å². The summed E-state index contributed by atoms with van der Waals surface area (Å²) >= 11 is 0. The second kappa shape index (κ2) is 9.13. The van der Waals surface area contributed by atoms with Gasteiger partial charge in [0.1, 0.15) is 5.75 Å². The molecule has 1 aliphatic rings. The number of aryl methyl sites for hydroxylation is 1. The lowest BCUT2D eigenvalue weighted by Crippen LogP contribution is -2.40. The van der Waals surface area contributed by atoms with Crippen molar-refractivity contribution in [3.05, 3.63) is 66.5 Å². The summed E-state index contributed by atoms with van der Waals surface area (Å²) in [4.78, 5) is 15.4. The van der Waals surface area contributed by atoms with E-state index in [0.29, 0.717) is 0 Å². The first-order valence-electron chi connectivity index (χ1n) is 10.4. The standard InChI is InChI=1S/C24H28N4O2/c1-27-15-18(14-25-27)16-28-13-5-6-20(17-28)24(29)26-23-8-4-3-7-22(23)19-9-11-21(30-2)12-10-19/h3-4,7-12,14-15,20H,5-6,13,16-17H2,1-2H3,(H,26,29). The van der Waals surface area contributed by atoms with Crippen molar-refractivity contribution in [2.75, 3.05) is 25.5 Å². The molecule has 4 rings (SSSR count). The molecule has 0 radical (unpaired) electrons. The molecule has 1 saturated heterocycles. The number of hydrogen-bond donors (Lipinski definition) is 1. The Morgan fingerprint density at radius 2 is 2.00 bits per heavy atom. The number of piperidine rings is 1. The van der Waals surface area contributed by atoms with Gasteiger partial charge >= 0.3 is 0 Å². The van der Waals surface area contributed by atoms with E-state index in [1.807, 2.05) is 72.7 Å². The number of carbonyl (C=O) groups is 1. The van der Waals surface area contributed by atoms with Gasteiger partial charge in [0, 0.05) is 43.1 Å². The highest BCUT2D eigenvalue weighted by Crippen LogP contribution is 2.30. The smallest absolute Gasteiger partial charge is 0.228 e. The zero-order chi connectivity index (χ0) is 20.9. The number of hydrogen-bond acceptors (Lipinski definition) is 4. The Morgan fingerprint density at radius 3 is 2.73 bits per heavy atom. The zero-order valence-electron chi connectivity index (χ0n) is 17.5. The predicted octanol–water partition coefficient (Wildman–Crippen LogP) is 3.95. The van der Waals surface area contributed by atoms with Crippen molar-refractivity contribution in [2.24, 2.45) is 13.0 Å². The topological polar surface area (TPSA) is 59.4 Å². The first-order valence-corrected chi connectivity index (χ1v) is 10.4. The number of anilines is 1. The normalized spacial score (nSPS) is 16.9. The SMILES string of the molecule is COc1ccc(-c2ccccc2NC(=O)C2CCCN(Cc3cnn(C)c3)C2)cc1. The average molecular weight is 405 g/mol. The van der Waals surface area contributed by atoms with Gasteiger partial charge in [0.2, 0.25) is 5.91 Å². The van der Waals surface area contributed by atoms with E-state index < -0.39 is 0 Å². The van der Waals surface area contributed by atoms with E-state index in [4.69, 9.17) is 4.74 Å². The minimum atomic E-state index is -0.0145. The van der Waals surface area contributed by atoms with Gasteiger partial charge in [0.05, 0.1) is 19.2 Å². The lowest BCUT2D eigenvalue weighted by Gasteiger charge is -2.31. The summed E-state index contributed by atoms with van der Waals surface area (Å²) in [6, 6.07) is 15.8. The summed E-state index contributed by atoms with van der Waals surface area (Å²) in [6.45, 7) is 2.62. The predicted molar refractivity (Wildman–Crippen MR) is 118 cm³/mol. The molecule has 0 spiro atoms. The van der Waals surface area contributed by atoms with Crippen LogP contribution in [0.2, 0.25) is 0 Å². The van der Waals surface area contributed by atoms with Crippen LogP contribution in [0.4, 0.5) is 5.69 Å². The Balaban J connectivity index is 1.44. The molecule has 0 saturated carbocycles. The molecular formula is C24H28N4O2. The highest BCUT2D eigenvalue weighted by Gasteiger charge is 2.26. The number of rotatable bonds is 6. The molecule has 156 valence electrons. The lowest BCUT2D eigenvalue weighted by atomic mass is 9.96. The van der Waals surface area contributed by atoms with Crippen LogP contribution in [0.15, 0.2) is 60.9 Å². The number of benzene rings is 2. The minimum Gasteiger partial charge on any atom is -0.497 e. The summed E-state index contributed by atoms with van der Waals surface area (Å²) < 4.78 is 7.07. The summed E-state index contributed by atoms with van der Waals surface area (Å²) in [5, 5.41) is 7.43. The molecule has 2 heterocycles. The number of nitrogens with one attached hydrogen (secondary N) is 1. The maximum Gasteiger partial charge on any atom is 0.228 e. The molecule has 2 aromatic carbocycles. The fourth-order valence-electron chi connectivity index (χ4n) is 4.07. The molecular weight excluding hydrogens is 376 g/mol. The van der Waals surface area contributed by atoms with Crippen LogP contribution in [0.25, 0.3) is 11.1 Å². The van der Waals surface area contributed by atoms with Crippen LogP contribution in [0.5, 0.6) is 5.75 Å². The summed E-state index contributed by atoms with van der Waals surface area (Å²) in [6.07, 6.45) is 5.88. The van der Waals surface area contributed by atoms with Crippen molar-refractivity contribution in [2.45, 2.75) is 19.4 Å². The fourth-order valence-corrected chi connectivity index (χ4v) is 4.07. The van der Waals surface area contributed by atoms with Crippen molar-refractivity contribution in [1.82, 2.24) is 14.7 Å². The molecule has 6 nitrogen and oxygen atoms in total. The largest absolute Gasteiger partial charge is 0.497 e. The first kappa shape index (κ1) is 20.2.